The zero-order valence-corrected chi connectivity index (χ0v) is 17.2. The van der Waals surface area contributed by atoms with Crippen LogP contribution in [0.5, 0.6) is 5.75 Å². The highest BCUT2D eigenvalue weighted by Crippen LogP contribution is 2.30. The average molecular weight is 444 g/mol. The fraction of sp³-hybridized carbons (Fsp3) is 0.120. The monoisotopic (exact) mass is 444 g/mol. The molecule has 7 nitrogen and oxygen atoms in total. The molecule has 33 heavy (non-hydrogen) atoms. The number of imide groups is 1. The van der Waals surface area contributed by atoms with Gasteiger partial charge in [-0.05, 0) is 60.7 Å². The number of hydrogen-bond donors (Lipinski definition) is 0. The van der Waals surface area contributed by atoms with E-state index in [0.717, 1.165) is 4.90 Å². The van der Waals surface area contributed by atoms with Crippen molar-refractivity contribution in [3.05, 3.63) is 89.7 Å². The van der Waals surface area contributed by atoms with Crippen LogP contribution in [0.15, 0.2) is 72.8 Å². The number of halogens is 1. The third kappa shape index (κ3) is 3.65. The van der Waals surface area contributed by atoms with E-state index in [2.05, 4.69) is 0 Å². The van der Waals surface area contributed by atoms with E-state index in [-0.39, 0.29) is 24.6 Å². The lowest BCUT2D eigenvalue weighted by atomic mass is 10.1. The van der Waals surface area contributed by atoms with Gasteiger partial charge >= 0.3 is 5.97 Å². The maximum absolute atomic E-state index is 13.1. The van der Waals surface area contributed by atoms with Crippen LogP contribution in [0, 0.1) is 11.7 Å². The predicted octanol–water partition coefficient (Wildman–Crippen LogP) is 3.58. The van der Waals surface area contributed by atoms with Gasteiger partial charge in [-0.3, -0.25) is 19.2 Å². The summed E-state index contributed by atoms with van der Waals surface area (Å²) in [6, 6.07) is 18.1. The summed E-state index contributed by atoms with van der Waals surface area (Å²) in [6.45, 7) is 0.135. The van der Waals surface area contributed by atoms with Crippen molar-refractivity contribution in [3.63, 3.8) is 0 Å². The van der Waals surface area contributed by atoms with Gasteiger partial charge in [-0.1, -0.05) is 12.1 Å². The summed E-state index contributed by atoms with van der Waals surface area (Å²) in [5.41, 5.74) is 1.56. The molecule has 8 heteroatoms. The molecule has 3 amide bonds. The topological polar surface area (TPSA) is 84.0 Å². The van der Waals surface area contributed by atoms with Crippen LogP contribution in [0.1, 0.15) is 27.1 Å². The van der Waals surface area contributed by atoms with Gasteiger partial charge in [0.25, 0.3) is 11.8 Å². The van der Waals surface area contributed by atoms with E-state index in [1.165, 1.54) is 53.4 Å². The Bertz CT molecular complexity index is 1250. The van der Waals surface area contributed by atoms with Crippen LogP contribution in [-0.2, 0) is 9.59 Å². The van der Waals surface area contributed by atoms with Crippen LogP contribution in [0.3, 0.4) is 0 Å². The molecule has 2 heterocycles. The number of carbonyl (C=O) groups excluding carboxylic acids is 4. The quantitative estimate of drug-likeness (QED) is 0.349. The van der Waals surface area contributed by atoms with Crippen molar-refractivity contribution in [3.8, 4) is 5.75 Å². The maximum atomic E-state index is 13.1. The van der Waals surface area contributed by atoms with Crippen LogP contribution in [0.25, 0.3) is 0 Å². The predicted molar refractivity (Wildman–Crippen MR) is 117 cm³/mol. The number of ether oxygens (including phenoxy) is 1. The van der Waals surface area contributed by atoms with Crippen molar-refractivity contribution >= 4 is 35.1 Å². The summed E-state index contributed by atoms with van der Waals surface area (Å²) in [7, 11) is 0. The minimum atomic E-state index is -0.668. The van der Waals surface area contributed by atoms with E-state index in [9.17, 15) is 23.6 Å². The van der Waals surface area contributed by atoms with Crippen LogP contribution in [0.4, 0.5) is 15.8 Å². The zero-order valence-electron chi connectivity index (χ0n) is 17.2. The number of hydrogen-bond acceptors (Lipinski definition) is 5. The third-order valence-corrected chi connectivity index (χ3v) is 5.70. The van der Waals surface area contributed by atoms with Gasteiger partial charge in [0, 0.05) is 18.7 Å². The Morgan fingerprint density at radius 2 is 1.39 bits per heavy atom. The average Bonchev–Trinajstić information content (AvgIpc) is 3.33. The molecule has 0 radical (unpaired) electrons. The van der Waals surface area contributed by atoms with Crippen molar-refractivity contribution in [1.29, 1.82) is 0 Å². The molecule has 2 aliphatic rings. The number of nitrogens with zero attached hydrogens (tertiary/aromatic N) is 2. The molecule has 0 aromatic heterocycles. The Morgan fingerprint density at radius 3 is 2.00 bits per heavy atom. The maximum Gasteiger partial charge on any atom is 0.316 e. The highest BCUT2D eigenvalue weighted by Gasteiger charge is 2.37. The van der Waals surface area contributed by atoms with Gasteiger partial charge in [0.15, 0.2) is 0 Å². The van der Waals surface area contributed by atoms with Crippen molar-refractivity contribution in [2.45, 2.75) is 6.42 Å². The second kappa shape index (κ2) is 7.98. The number of carbonyl (C=O) groups is 4. The summed E-state index contributed by atoms with van der Waals surface area (Å²) in [5, 5.41) is 0. The van der Waals surface area contributed by atoms with E-state index in [4.69, 9.17) is 4.74 Å². The van der Waals surface area contributed by atoms with Gasteiger partial charge < -0.3 is 9.64 Å². The molecule has 5 rings (SSSR count). The van der Waals surface area contributed by atoms with E-state index >= 15 is 0 Å². The molecule has 0 aliphatic carbocycles. The van der Waals surface area contributed by atoms with Crippen molar-refractivity contribution in [1.82, 2.24) is 0 Å². The number of fused-ring (bicyclic) bond motifs is 1. The van der Waals surface area contributed by atoms with E-state index in [0.29, 0.717) is 22.5 Å². The molecule has 0 spiro atoms. The smallest absolute Gasteiger partial charge is 0.316 e. The van der Waals surface area contributed by atoms with Gasteiger partial charge in [0.2, 0.25) is 5.91 Å². The first-order chi connectivity index (χ1) is 15.9. The fourth-order valence-corrected chi connectivity index (χ4v) is 4.02. The highest BCUT2D eigenvalue weighted by molar-refractivity contribution is 6.34. The van der Waals surface area contributed by atoms with Gasteiger partial charge in [0.1, 0.15) is 11.6 Å². The second-order valence-electron chi connectivity index (χ2n) is 7.79. The van der Waals surface area contributed by atoms with Crippen molar-refractivity contribution in [2.75, 3.05) is 16.3 Å². The zero-order chi connectivity index (χ0) is 23.1. The Morgan fingerprint density at radius 1 is 0.818 bits per heavy atom. The number of esters is 1. The SMILES string of the molecule is O=C(Oc1ccc(N2C(=O)c3ccccc3C2=O)cc1)[C@H]1CC(=O)N(c2ccc(F)cc2)C1. The molecular weight excluding hydrogens is 427 g/mol. The number of anilines is 2. The summed E-state index contributed by atoms with van der Waals surface area (Å²) < 4.78 is 18.6. The molecule has 1 saturated heterocycles. The molecule has 0 N–H and O–H groups in total. The Hall–Kier alpha value is -4.33. The Labute approximate surface area is 188 Å². The molecule has 1 fully saturated rings. The lowest BCUT2D eigenvalue weighted by molar-refractivity contribution is -0.139. The number of rotatable bonds is 4. The standard InChI is InChI=1S/C25H17FN2O5/c26-16-5-7-17(8-6-16)27-14-15(13-22(27)29)25(32)33-19-11-9-18(10-12-19)28-23(30)20-3-1-2-4-21(20)24(28)31/h1-12,15H,13-14H2/t15-/m0/s1. The number of amides is 3. The van der Waals surface area contributed by atoms with Crippen LogP contribution in [-0.4, -0.2) is 30.2 Å². The minimum Gasteiger partial charge on any atom is -0.426 e. The summed E-state index contributed by atoms with van der Waals surface area (Å²) in [4.78, 5) is 52.6. The van der Waals surface area contributed by atoms with Gasteiger partial charge in [-0.25, -0.2) is 9.29 Å². The van der Waals surface area contributed by atoms with E-state index < -0.39 is 29.5 Å². The van der Waals surface area contributed by atoms with Crippen LogP contribution < -0.4 is 14.5 Å². The molecule has 0 saturated carbocycles. The largest absolute Gasteiger partial charge is 0.426 e. The molecule has 3 aromatic rings. The van der Waals surface area contributed by atoms with E-state index in [1.807, 2.05) is 0 Å². The number of benzene rings is 3. The first-order valence-electron chi connectivity index (χ1n) is 10.3. The Balaban J connectivity index is 1.26. The summed E-state index contributed by atoms with van der Waals surface area (Å²) >= 11 is 0. The summed E-state index contributed by atoms with van der Waals surface area (Å²) in [5.74, 6) is -2.49. The van der Waals surface area contributed by atoms with Gasteiger partial charge in [-0.15, -0.1) is 0 Å². The molecule has 2 aliphatic heterocycles. The lowest BCUT2D eigenvalue weighted by Gasteiger charge is -2.16. The molecule has 164 valence electrons. The molecule has 3 aromatic carbocycles. The Kier molecular flexibility index (Phi) is 4.97. The molecule has 0 unspecified atom stereocenters. The summed E-state index contributed by atoms with van der Waals surface area (Å²) in [6.07, 6.45) is -0.0106. The molecule has 1 atom stereocenters. The highest BCUT2D eigenvalue weighted by atomic mass is 19.1. The normalized spacial score (nSPS) is 17.5. The van der Waals surface area contributed by atoms with Crippen molar-refractivity contribution < 1.29 is 28.3 Å². The van der Waals surface area contributed by atoms with Gasteiger partial charge in [0.05, 0.1) is 22.7 Å². The lowest BCUT2D eigenvalue weighted by Crippen LogP contribution is -2.29. The first kappa shape index (κ1) is 20.6. The second-order valence-corrected chi connectivity index (χ2v) is 7.79. The van der Waals surface area contributed by atoms with E-state index in [1.54, 1.807) is 24.3 Å². The minimum absolute atomic E-state index is 0.0106. The van der Waals surface area contributed by atoms with Gasteiger partial charge in [-0.2, -0.15) is 0 Å². The van der Waals surface area contributed by atoms with Crippen LogP contribution >= 0.6 is 0 Å². The van der Waals surface area contributed by atoms with Crippen molar-refractivity contribution in [2.24, 2.45) is 5.92 Å². The third-order valence-electron chi connectivity index (χ3n) is 5.70. The molecular formula is C25H17FN2O5. The molecule has 0 bridgehead atoms. The fourth-order valence-electron chi connectivity index (χ4n) is 4.02. The first-order valence-corrected chi connectivity index (χ1v) is 10.3. The van der Waals surface area contributed by atoms with Crippen LogP contribution in [0.2, 0.25) is 0 Å².